The number of hydrogen-bond acceptors (Lipinski definition) is 4. The summed E-state index contributed by atoms with van der Waals surface area (Å²) in [6.07, 6.45) is 0.783. The van der Waals surface area contributed by atoms with E-state index in [1.165, 1.54) is 11.8 Å². The molecule has 126 valence electrons. The molecule has 0 saturated carbocycles. The van der Waals surface area contributed by atoms with E-state index in [1.807, 2.05) is 19.1 Å². The van der Waals surface area contributed by atoms with Crippen molar-refractivity contribution in [1.82, 2.24) is 0 Å². The van der Waals surface area contributed by atoms with Crippen LogP contribution < -0.4 is 5.32 Å². The van der Waals surface area contributed by atoms with Crippen LogP contribution in [0, 0.1) is 0 Å². The summed E-state index contributed by atoms with van der Waals surface area (Å²) in [5.41, 5.74) is 1.11. The minimum absolute atomic E-state index is 0.115. The number of anilines is 1. The molecule has 2 aromatic rings. The minimum atomic E-state index is -0.354. The fraction of sp³-hybridized carbons (Fsp3) is 0.222. The van der Waals surface area contributed by atoms with Gasteiger partial charge in [0.1, 0.15) is 0 Å². The Morgan fingerprint density at radius 3 is 2.38 bits per heavy atom. The third kappa shape index (κ3) is 5.91. The van der Waals surface area contributed by atoms with Crippen molar-refractivity contribution in [1.29, 1.82) is 0 Å². The Balaban J connectivity index is 1.83. The molecule has 1 N–H and O–H groups in total. The molecule has 0 bridgehead atoms. The molecule has 0 fully saturated rings. The summed E-state index contributed by atoms with van der Waals surface area (Å²) in [5.74, 6) is -0.175. The molecule has 0 spiro atoms. The van der Waals surface area contributed by atoms with Crippen molar-refractivity contribution in [2.24, 2.45) is 0 Å². The Morgan fingerprint density at radius 2 is 1.75 bits per heavy atom. The second kappa shape index (κ2) is 9.35. The summed E-state index contributed by atoms with van der Waals surface area (Å²) >= 11 is 7.25. The molecule has 0 aliphatic rings. The van der Waals surface area contributed by atoms with Crippen molar-refractivity contribution in [3.8, 4) is 0 Å². The van der Waals surface area contributed by atoms with Crippen LogP contribution in [-0.2, 0) is 9.53 Å². The third-order valence-corrected chi connectivity index (χ3v) is 4.29. The molecule has 4 nitrogen and oxygen atoms in total. The number of thioether (sulfide) groups is 1. The van der Waals surface area contributed by atoms with Crippen molar-refractivity contribution in [3.63, 3.8) is 0 Å². The first kappa shape index (κ1) is 18.4. The lowest BCUT2D eigenvalue weighted by atomic mass is 10.2. The van der Waals surface area contributed by atoms with Crippen LogP contribution in [0.15, 0.2) is 53.4 Å². The number of benzene rings is 2. The Kier molecular flexibility index (Phi) is 7.15. The number of hydrogen-bond donors (Lipinski definition) is 1. The van der Waals surface area contributed by atoms with Gasteiger partial charge in [0.15, 0.2) is 0 Å². The van der Waals surface area contributed by atoms with Crippen LogP contribution in [0.1, 0.15) is 23.7 Å². The van der Waals surface area contributed by atoms with E-state index in [1.54, 1.807) is 36.4 Å². The van der Waals surface area contributed by atoms with Gasteiger partial charge in [-0.1, -0.05) is 18.5 Å². The van der Waals surface area contributed by atoms with E-state index in [0.717, 1.165) is 11.3 Å². The Hall–Kier alpha value is -1.98. The number of rotatable bonds is 7. The Labute approximate surface area is 150 Å². The van der Waals surface area contributed by atoms with E-state index in [4.69, 9.17) is 16.3 Å². The summed E-state index contributed by atoms with van der Waals surface area (Å²) in [7, 11) is 0. The molecular formula is C18H18ClNO3S. The number of esters is 1. The van der Waals surface area contributed by atoms with Crippen LogP contribution >= 0.6 is 23.4 Å². The van der Waals surface area contributed by atoms with Gasteiger partial charge in [-0.15, -0.1) is 11.8 Å². The molecule has 0 aliphatic carbocycles. The Bertz CT molecular complexity index is 686. The summed E-state index contributed by atoms with van der Waals surface area (Å²) in [4.78, 5) is 24.6. The lowest BCUT2D eigenvalue weighted by molar-refractivity contribution is -0.113. The Morgan fingerprint density at radius 1 is 1.08 bits per heavy atom. The maximum atomic E-state index is 12.0. The molecule has 24 heavy (non-hydrogen) atoms. The highest BCUT2D eigenvalue weighted by Gasteiger charge is 2.08. The van der Waals surface area contributed by atoms with Gasteiger partial charge in [-0.2, -0.15) is 0 Å². The molecule has 6 heteroatoms. The van der Waals surface area contributed by atoms with Gasteiger partial charge in [-0.25, -0.2) is 4.79 Å². The lowest BCUT2D eigenvalue weighted by Crippen LogP contribution is -2.14. The van der Waals surface area contributed by atoms with Crippen molar-refractivity contribution in [2.75, 3.05) is 17.7 Å². The first-order valence-electron chi connectivity index (χ1n) is 7.54. The van der Waals surface area contributed by atoms with Gasteiger partial charge in [-0.3, -0.25) is 4.79 Å². The highest BCUT2D eigenvalue weighted by Crippen LogP contribution is 2.20. The van der Waals surface area contributed by atoms with Gasteiger partial charge in [0.05, 0.1) is 17.9 Å². The quantitative estimate of drug-likeness (QED) is 0.575. The standard InChI is InChI=1S/C18H18ClNO3S/c1-2-11-23-18(22)13-3-7-15(8-4-13)20-17(21)12-24-16-9-5-14(19)6-10-16/h3-10H,2,11-12H2,1H3,(H,20,21). The monoisotopic (exact) mass is 363 g/mol. The van der Waals surface area contributed by atoms with Crippen LogP contribution in [0.3, 0.4) is 0 Å². The predicted octanol–water partition coefficient (Wildman–Crippen LogP) is 4.64. The molecular weight excluding hydrogens is 346 g/mol. The van der Waals surface area contributed by atoms with Crippen LogP contribution in [0.25, 0.3) is 0 Å². The number of halogens is 1. The zero-order chi connectivity index (χ0) is 17.4. The van der Waals surface area contributed by atoms with Crippen molar-refractivity contribution in [2.45, 2.75) is 18.2 Å². The van der Waals surface area contributed by atoms with Gasteiger partial charge >= 0.3 is 5.97 Å². The van der Waals surface area contributed by atoms with E-state index in [2.05, 4.69) is 5.32 Å². The smallest absolute Gasteiger partial charge is 0.338 e. The lowest BCUT2D eigenvalue weighted by Gasteiger charge is -2.07. The number of nitrogens with one attached hydrogen (secondary N) is 1. The first-order chi connectivity index (χ1) is 11.6. The number of carbonyl (C=O) groups is 2. The summed E-state index contributed by atoms with van der Waals surface area (Å²) in [6.45, 7) is 2.34. The van der Waals surface area contributed by atoms with Gasteiger partial charge in [0.25, 0.3) is 0 Å². The largest absolute Gasteiger partial charge is 0.462 e. The van der Waals surface area contributed by atoms with Crippen molar-refractivity contribution >= 4 is 40.9 Å². The molecule has 2 aromatic carbocycles. The van der Waals surface area contributed by atoms with Crippen LogP contribution in [-0.4, -0.2) is 24.2 Å². The second-order valence-corrected chi connectivity index (χ2v) is 6.49. The molecule has 0 saturated heterocycles. The fourth-order valence-electron chi connectivity index (χ4n) is 1.84. The van der Waals surface area contributed by atoms with Gasteiger partial charge < -0.3 is 10.1 Å². The molecule has 0 aliphatic heterocycles. The highest BCUT2D eigenvalue weighted by atomic mass is 35.5. The SMILES string of the molecule is CCCOC(=O)c1ccc(NC(=O)CSc2ccc(Cl)cc2)cc1. The van der Waals surface area contributed by atoms with E-state index >= 15 is 0 Å². The average molecular weight is 364 g/mol. The summed E-state index contributed by atoms with van der Waals surface area (Å²) in [5, 5.41) is 3.46. The second-order valence-electron chi connectivity index (χ2n) is 5.00. The molecule has 0 unspecified atom stereocenters. The van der Waals surface area contributed by atoms with Gasteiger partial charge in [0.2, 0.25) is 5.91 Å². The zero-order valence-electron chi connectivity index (χ0n) is 13.3. The third-order valence-electron chi connectivity index (χ3n) is 3.03. The van der Waals surface area contributed by atoms with Crippen molar-refractivity contribution in [3.05, 3.63) is 59.1 Å². The normalized spacial score (nSPS) is 10.2. The fourth-order valence-corrected chi connectivity index (χ4v) is 2.67. The molecule has 0 radical (unpaired) electrons. The molecule has 0 heterocycles. The van der Waals surface area contributed by atoms with Gasteiger partial charge in [0, 0.05) is 15.6 Å². The predicted molar refractivity (Wildman–Crippen MR) is 97.8 cm³/mol. The minimum Gasteiger partial charge on any atom is -0.462 e. The van der Waals surface area contributed by atoms with Crippen LogP contribution in [0.5, 0.6) is 0 Å². The van der Waals surface area contributed by atoms with Crippen LogP contribution in [0.2, 0.25) is 5.02 Å². The summed E-state index contributed by atoms with van der Waals surface area (Å²) < 4.78 is 5.06. The average Bonchev–Trinajstić information content (AvgIpc) is 2.60. The number of amides is 1. The van der Waals surface area contributed by atoms with E-state index in [9.17, 15) is 9.59 Å². The van der Waals surface area contributed by atoms with Crippen molar-refractivity contribution < 1.29 is 14.3 Å². The molecule has 0 atom stereocenters. The van der Waals surface area contributed by atoms with E-state index in [-0.39, 0.29) is 11.9 Å². The summed E-state index contributed by atoms with van der Waals surface area (Å²) in [6, 6.07) is 14.0. The van der Waals surface area contributed by atoms with E-state index in [0.29, 0.717) is 28.6 Å². The molecule has 1 amide bonds. The van der Waals surface area contributed by atoms with Crippen LogP contribution in [0.4, 0.5) is 5.69 Å². The zero-order valence-corrected chi connectivity index (χ0v) is 14.8. The highest BCUT2D eigenvalue weighted by molar-refractivity contribution is 8.00. The van der Waals surface area contributed by atoms with E-state index < -0.39 is 0 Å². The molecule has 0 aromatic heterocycles. The van der Waals surface area contributed by atoms with Gasteiger partial charge in [-0.05, 0) is 55.0 Å². The first-order valence-corrected chi connectivity index (χ1v) is 8.90. The maximum Gasteiger partial charge on any atom is 0.338 e. The maximum absolute atomic E-state index is 12.0. The number of ether oxygens (including phenoxy) is 1. The number of carbonyl (C=O) groups excluding carboxylic acids is 2. The topological polar surface area (TPSA) is 55.4 Å². The molecule has 2 rings (SSSR count).